The Bertz CT molecular complexity index is 784. The molecule has 0 N–H and O–H groups in total. The van der Waals surface area contributed by atoms with E-state index in [1.54, 1.807) is 18.2 Å². The number of benzene rings is 1. The average molecular weight is 399 g/mol. The minimum atomic E-state index is -0.286. The highest BCUT2D eigenvalue weighted by Gasteiger charge is 2.18. The molecule has 0 unspecified atom stereocenters. The highest BCUT2D eigenvalue weighted by atomic mass is 32.1. The van der Waals surface area contributed by atoms with Gasteiger partial charge in [0.15, 0.2) is 5.78 Å². The molecule has 0 amide bonds. The van der Waals surface area contributed by atoms with E-state index in [-0.39, 0.29) is 23.9 Å². The van der Waals surface area contributed by atoms with E-state index >= 15 is 0 Å². The normalized spacial score (nSPS) is 14.5. The van der Waals surface area contributed by atoms with Crippen LogP contribution in [0.25, 0.3) is 6.08 Å². The zero-order valence-corrected chi connectivity index (χ0v) is 18.2. The molecule has 0 saturated heterocycles. The van der Waals surface area contributed by atoms with Crippen LogP contribution >= 0.6 is 12.2 Å². The van der Waals surface area contributed by atoms with Gasteiger partial charge >= 0.3 is 0 Å². The van der Waals surface area contributed by atoms with E-state index in [9.17, 15) is 4.79 Å². The molecule has 0 saturated carbocycles. The van der Waals surface area contributed by atoms with Crippen LogP contribution in [0.3, 0.4) is 0 Å². The second-order valence-electron chi connectivity index (χ2n) is 7.43. The summed E-state index contributed by atoms with van der Waals surface area (Å²) in [5.41, 5.74) is 1.95. The van der Waals surface area contributed by atoms with E-state index < -0.39 is 0 Å². The van der Waals surface area contributed by atoms with E-state index in [0.29, 0.717) is 0 Å². The Kier molecular flexibility index (Phi) is 8.18. The third-order valence-corrected chi connectivity index (χ3v) is 4.42. The summed E-state index contributed by atoms with van der Waals surface area (Å²) >= 11 is 5.10. The van der Waals surface area contributed by atoms with Crippen molar-refractivity contribution >= 4 is 28.9 Å². The van der Waals surface area contributed by atoms with Crippen molar-refractivity contribution in [1.29, 1.82) is 0 Å². The van der Waals surface area contributed by atoms with Crippen LogP contribution in [0, 0.1) is 5.92 Å². The van der Waals surface area contributed by atoms with Crippen molar-refractivity contribution in [2.75, 3.05) is 0 Å². The van der Waals surface area contributed by atoms with Gasteiger partial charge in [-0.1, -0.05) is 43.8 Å². The van der Waals surface area contributed by atoms with Gasteiger partial charge in [-0.3, -0.25) is 4.79 Å². The van der Waals surface area contributed by atoms with Gasteiger partial charge in [-0.05, 0) is 70.0 Å². The number of allylic oxidation sites excluding steroid dienone is 5. The average Bonchev–Trinajstić information content (AvgIpc) is 2.63. The SMILES string of the molecule is CCCc1ccc(OC(C)C)c(/C=C/C(=O)C2C=CC(=S)C=C2)c1OC(C)C. The molecule has 2 rings (SSSR count). The fourth-order valence-corrected chi connectivity index (χ4v) is 3.12. The summed E-state index contributed by atoms with van der Waals surface area (Å²) in [5, 5.41) is 0. The highest BCUT2D eigenvalue weighted by molar-refractivity contribution is 7.81. The summed E-state index contributed by atoms with van der Waals surface area (Å²) in [6.07, 6.45) is 12.7. The molecule has 1 aromatic rings. The van der Waals surface area contributed by atoms with E-state index in [1.165, 1.54) is 0 Å². The maximum Gasteiger partial charge on any atom is 0.166 e. The van der Waals surface area contributed by atoms with Crippen LogP contribution in [0.5, 0.6) is 11.5 Å². The molecule has 150 valence electrons. The molecular weight excluding hydrogens is 368 g/mol. The summed E-state index contributed by atoms with van der Waals surface area (Å²) in [6.45, 7) is 10.1. The topological polar surface area (TPSA) is 35.5 Å². The molecule has 4 heteroatoms. The monoisotopic (exact) mass is 398 g/mol. The molecular formula is C24H30O3S. The van der Waals surface area contributed by atoms with Gasteiger partial charge in [-0.2, -0.15) is 0 Å². The first-order chi connectivity index (χ1) is 13.3. The Morgan fingerprint density at radius 2 is 1.75 bits per heavy atom. The summed E-state index contributed by atoms with van der Waals surface area (Å²) in [5.74, 6) is 1.24. The van der Waals surface area contributed by atoms with Gasteiger partial charge in [-0.25, -0.2) is 0 Å². The molecule has 1 aliphatic rings. The fraction of sp³-hybridized carbons (Fsp3) is 0.417. The third kappa shape index (κ3) is 6.16. The molecule has 0 aromatic heterocycles. The van der Waals surface area contributed by atoms with E-state index in [4.69, 9.17) is 21.7 Å². The third-order valence-electron chi connectivity index (χ3n) is 4.15. The standard InChI is InChI=1S/C24H30O3S/c1-6-7-19-10-15-23(26-16(2)3)21(24(19)27-17(4)5)13-14-22(25)18-8-11-20(28)12-9-18/h8-18H,6-7H2,1-5H3/b14-13+. The van der Waals surface area contributed by atoms with Crippen molar-refractivity contribution in [2.24, 2.45) is 5.92 Å². The molecule has 0 aliphatic heterocycles. The molecule has 1 aliphatic carbocycles. The smallest absolute Gasteiger partial charge is 0.166 e. The number of hydrogen-bond donors (Lipinski definition) is 0. The lowest BCUT2D eigenvalue weighted by Gasteiger charge is -2.21. The fourth-order valence-electron chi connectivity index (χ4n) is 2.97. The Labute approximate surface area is 174 Å². The Morgan fingerprint density at radius 3 is 2.32 bits per heavy atom. The lowest BCUT2D eigenvalue weighted by Crippen LogP contribution is -2.12. The van der Waals surface area contributed by atoms with Crippen LogP contribution in [0.15, 0.2) is 42.5 Å². The van der Waals surface area contributed by atoms with Crippen molar-refractivity contribution in [3.8, 4) is 11.5 Å². The number of thiocarbonyl (C=S) groups is 1. The first-order valence-corrected chi connectivity index (χ1v) is 10.3. The Morgan fingerprint density at radius 1 is 1.11 bits per heavy atom. The minimum absolute atomic E-state index is 0.00175. The van der Waals surface area contributed by atoms with Crippen molar-refractivity contribution in [2.45, 2.75) is 59.7 Å². The molecule has 0 atom stereocenters. The molecule has 0 bridgehead atoms. The van der Waals surface area contributed by atoms with Gasteiger partial charge in [0.05, 0.1) is 23.7 Å². The number of hydrogen-bond acceptors (Lipinski definition) is 4. The first-order valence-electron chi connectivity index (χ1n) is 9.93. The second kappa shape index (κ2) is 10.4. The first kappa shape index (κ1) is 22.1. The second-order valence-corrected chi connectivity index (χ2v) is 7.90. The number of carbonyl (C=O) groups excluding carboxylic acids is 1. The van der Waals surface area contributed by atoms with Crippen LogP contribution < -0.4 is 9.47 Å². The maximum atomic E-state index is 12.6. The molecule has 1 aromatic carbocycles. The Hall–Kier alpha value is -2.20. The van der Waals surface area contributed by atoms with Gasteiger partial charge in [0, 0.05) is 4.86 Å². The largest absolute Gasteiger partial charge is 0.490 e. The number of rotatable bonds is 9. The van der Waals surface area contributed by atoms with Gasteiger partial charge in [0.1, 0.15) is 11.5 Å². The maximum absolute atomic E-state index is 12.6. The van der Waals surface area contributed by atoms with Gasteiger partial charge in [-0.15, -0.1) is 0 Å². The van der Waals surface area contributed by atoms with Crippen molar-refractivity contribution < 1.29 is 14.3 Å². The molecule has 0 heterocycles. The number of carbonyl (C=O) groups is 1. The van der Waals surface area contributed by atoms with E-state index in [0.717, 1.165) is 40.3 Å². The van der Waals surface area contributed by atoms with Crippen LogP contribution in [0.4, 0.5) is 0 Å². The summed E-state index contributed by atoms with van der Waals surface area (Å²) < 4.78 is 12.2. The predicted molar refractivity (Wildman–Crippen MR) is 120 cm³/mol. The summed E-state index contributed by atoms with van der Waals surface area (Å²) in [4.78, 5) is 13.4. The molecule has 0 fully saturated rings. The lowest BCUT2D eigenvalue weighted by atomic mass is 9.97. The van der Waals surface area contributed by atoms with E-state index in [1.807, 2.05) is 52.0 Å². The predicted octanol–water partition coefficient (Wildman–Crippen LogP) is 5.91. The summed E-state index contributed by atoms with van der Waals surface area (Å²) in [6, 6.07) is 4.03. The molecule has 0 spiro atoms. The van der Waals surface area contributed by atoms with Crippen LogP contribution in [-0.2, 0) is 11.2 Å². The lowest BCUT2D eigenvalue weighted by molar-refractivity contribution is -0.115. The number of ketones is 1. The van der Waals surface area contributed by atoms with Crippen LogP contribution in [0.2, 0.25) is 0 Å². The number of aryl methyl sites for hydroxylation is 1. The van der Waals surface area contributed by atoms with Crippen LogP contribution in [0.1, 0.15) is 52.2 Å². The van der Waals surface area contributed by atoms with Gasteiger partial charge < -0.3 is 9.47 Å². The summed E-state index contributed by atoms with van der Waals surface area (Å²) in [7, 11) is 0. The van der Waals surface area contributed by atoms with Gasteiger partial charge in [0.2, 0.25) is 0 Å². The zero-order chi connectivity index (χ0) is 20.7. The number of ether oxygens (including phenoxy) is 2. The van der Waals surface area contributed by atoms with Crippen molar-refractivity contribution in [3.63, 3.8) is 0 Å². The zero-order valence-electron chi connectivity index (χ0n) is 17.4. The highest BCUT2D eigenvalue weighted by Crippen LogP contribution is 2.36. The van der Waals surface area contributed by atoms with Crippen molar-refractivity contribution in [3.05, 3.63) is 53.6 Å². The van der Waals surface area contributed by atoms with Gasteiger partial charge in [0.25, 0.3) is 0 Å². The molecule has 28 heavy (non-hydrogen) atoms. The quantitative estimate of drug-likeness (QED) is 0.383. The van der Waals surface area contributed by atoms with E-state index in [2.05, 4.69) is 13.0 Å². The minimum Gasteiger partial charge on any atom is -0.490 e. The van der Waals surface area contributed by atoms with Crippen molar-refractivity contribution in [1.82, 2.24) is 0 Å². The Balaban J connectivity index is 2.43. The molecule has 0 radical (unpaired) electrons. The molecule has 3 nitrogen and oxygen atoms in total. The van der Waals surface area contributed by atoms with Crippen LogP contribution in [-0.4, -0.2) is 22.9 Å².